The molecule has 28 heavy (non-hydrogen) atoms. The van der Waals surface area contributed by atoms with Crippen LogP contribution in [0.25, 0.3) is 27.5 Å². The van der Waals surface area contributed by atoms with Crippen LogP contribution in [0.4, 0.5) is 5.69 Å². The minimum absolute atomic E-state index is 0.450. The molecular weight excluding hydrogens is 440 g/mol. The molecule has 0 saturated heterocycles. The molecule has 0 spiro atoms. The molecule has 0 aliphatic carbocycles. The van der Waals surface area contributed by atoms with Crippen LogP contribution in [0, 0.1) is 0 Å². The number of benzene rings is 2. The highest BCUT2D eigenvalue weighted by molar-refractivity contribution is 9.11. The third-order valence-electron chi connectivity index (χ3n) is 4.16. The van der Waals surface area contributed by atoms with Crippen LogP contribution in [-0.4, -0.2) is 25.2 Å². The topological polar surface area (TPSA) is 81.7 Å². The number of thiophene rings is 1. The van der Waals surface area contributed by atoms with Crippen LogP contribution in [0.2, 0.25) is 0 Å². The van der Waals surface area contributed by atoms with Gasteiger partial charge in [-0.2, -0.15) is 0 Å². The maximum atomic E-state index is 5.72. The zero-order valence-electron chi connectivity index (χ0n) is 14.4. The Bertz CT molecular complexity index is 1240. The summed E-state index contributed by atoms with van der Waals surface area (Å²) in [5.41, 5.74) is 3.74. The summed E-state index contributed by atoms with van der Waals surface area (Å²) in [6.45, 7) is 0.450. The molecule has 9 heteroatoms. The van der Waals surface area contributed by atoms with E-state index in [1.54, 1.807) is 11.3 Å². The van der Waals surface area contributed by atoms with E-state index in [4.69, 9.17) is 4.42 Å². The van der Waals surface area contributed by atoms with Crippen LogP contribution in [0.5, 0.6) is 0 Å². The molecule has 0 radical (unpaired) electrons. The van der Waals surface area contributed by atoms with Gasteiger partial charge in [0.1, 0.15) is 5.52 Å². The molecule has 3 aromatic heterocycles. The summed E-state index contributed by atoms with van der Waals surface area (Å²) in [6.07, 6.45) is 0. The highest BCUT2D eigenvalue weighted by Crippen LogP contribution is 2.30. The number of rotatable bonds is 5. The second-order valence-electron chi connectivity index (χ2n) is 6.00. The maximum absolute atomic E-state index is 5.72. The molecule has 0 aliphatic rings. The molecule has 2 aromatic carbocycles. The number of nitrogens with one attached hydrogen (secondary N) is 1. The van der Waals surface area contributed by atoms with Crippen LogP contribution in [-0.2, 0) is 6.54 Å². The first-order valence-electron chi connectivity index (χ1n) is 8.49. The van der Waals surface area contributed by atoms with Crippen molar-refractivity contribution in [1.29, 1.82) is 0 Å². The molecule has 3 heterocycles. The minimum atomic E-state index is 0.450. The molecule has 5 rings (SSSR count). The number of fused-ring (bicyclic) bond motifs is 1. The summed E-state index contributed by atoms with van der Waals surface area (Å²) in [4.78, 5) is 0.940. The molecule has 7 nitrogen and oxygen atoms in total. The summed E-state index contributed by atoms with van der Waals surface area (Å²) in [6, 6.07) is 19.7. The molecule has 0 saturated carbocycles. The van der Waals surface area contributed by atoms with Gasteiger partial charge in [0.05, 0.1) is 26.4 Å². The van der Waals surface area contributed by atoms with Crippen molar-refractivity contribution in [3.8, 4) is 16.5 Å². The monoisotopic (exact) mass is 452 g/mol. The Morgan fingerprint density at radius 2 is 1.82 bits per heavy atom. The lowest BCUT2D eigenvalue weighted by Gasteiger charge is -2.06. The summed E-state index contributed by atoms with van der Waals surface area (Å²) >= 11 is 4.99. The Labute approximate surface area is 172 Å². The largest absolute Gasteiger partial charge is 0.418 e. The van der Waals surface area contributed by atoms with Crippen molar-refractivity contribution in [1.82, 2.24) is 25.2 Å². The molecule has 5 aromatic rings. The van der Waals surface area contributed by atoms with Gasteiger partial charge in [-0.05, 0) is 64.5 Å². The molecule has 1 N–H and O–H groups in total. The Balaban J connectivity index is 1.29. The zero-order valence-corrected chi connectivity index (χ0v) is 16.8. The van der Waals surface area contributed by atoms with Gasteiger partial charge in [0, 0.05) is 5.69 Å². The zero-order chi connectivity index (χ0) is 18.9. The quantitative estimate of drug-likeness (QED) is 0.408. The lowest BCUT2D eigenvalue weighted by Crippen LogP contribution is -2.01. The molecule has 0 aliphatic heterocycles. The van der Waals surface area contributed by atoms with Crippen LogP contribution in [0.1, 0.15) is 5.89 Å². The van der Waals surface area contributed by atoms with E-state index in [-0.39, 0.29) is 0 Å². The predicted octanol–water partition coefficient (Wildman–Crippen LogP) is 4.91. The number of hydrogen-bond acceptors (Lipinski definition) is 7. The fourth-order valence-electron chi connectivity index (χ4n) is 2.81. The van der Waals surface area contributed by atoms with Crippen LogP contribution in [0.3, 0.4) is 0 Å². The second-order valence-corrected chi connectivity index (χ2v) is 8.46. The van der Waals surface area contributed by atoms with Crippen molar-refractivity contribution in [2.45, 2.75) is 6.54 Å². The van der Waals surface area contributed by atoms with E-state index in [9.17, 15) is 0 Å². The fourth-order valence-corrected chi connectivity index (χ4v) is 4.12. The summed E-state index contributed by atoms with van der Waals surface area (Å²) in [7, 11) is 0. The van der Waals surface area contributed by atoms with Gasteiger partial charge in [-0.1, -0.05) is 17.3 Å². The SMILES string of the molecule is Brc1ccc(-c2nnc(CNc3ccc(-n4nnc5ccccc54)cc3)o2)s1. The van der Waals surface area contributed by atoms with Gasteiger partial charge in [-0.15, -0.1) is 26.6 Å². The van der Waals surface area contributed by atoms with E-state index >= 15 is 0 Å². The van der Waals surface area contributed by atoms with E-state index < -0.39 is 0 Å². The average Bonchev–Trinajstić information content (AvgIpc) is 3.46. The van der Waals surface area contributed by atoms with E-state index in [2.05, 4.69) is 41.8 Å². The van der Waals surface area contributed by atoms with Crippen molar-refractivity contribution >= 4 is 44.0 Å². The third kappa shape index (κ3) is 3.30. The minimum Gasteiger partial charge on any atom is -0.418 e. The number of hydrogen-bond donors (Lipinski definition) is 1. The van der Waals surface area contributed by atoms with Gasteiger partial charge < -0.3 is 9.73 Å². The predicted molar refractivity (Wildman–Crippen MR) is 112 cm³/mol. The number of nitrogens with zero attached hydrogens (tertiary/aromatic N) is 5. The number of aromatic nitrogens is 5. The highest BCUT2D eigenvalue weighted by Gasteiger charge is 2.11. The smallest absolute Gasteiger partial charge is 0.257 e. The normalized spacial score (nSPS) is 11.2. The molecule has 0 atom stereocenters. The van der Waals surface area contributed by atoms with Crippen molar-refractivity contribution in [2.24, 2.45) is 0 Å². The summed E-state index contributed by atoms with van der Waals surface area (Å²) in [5, 5.41) is 19.9. The fraction of sp³-hybridized carbons (Fsp3) is 0.0526. The maximum Gasteiger partial charge on any atom is 0.257 e. The van der Waals surface area contributed by atoms with Gasteiger partial charge >= 0.3 is 0 Å². The Hall–Kier alpha value is -3.04. The van der Waals surface area contributed by atoms with Gasteiger partial charge in [-0.25, -0.2) is 4.68 Å². The molecule has 0 bridgehead atoms. The van der Waals surface area contributed by atoms with E-state index in [0.29, 0.717) is 18.3 Å². The van der Waals surface area contributed by atoms with Crippen molar-refractivity contribution in [3.05, 3.63) is 70.3 Å². The van der Waals surface area contributed by atoms with Crippen LogP contribution in [0.15, 0.2) is 68.9 Å². The number of anilines is 1. The van der Waals surface area contributed by atoms with Gasteiger partial charge in [0.15, 0.2) is 0 Å². The first kappa shape index (κ1) is 17.1. The lowest BCUT2D eigenvalue weighted by molar-refractivity contribution is 0.516. The molecule has 0 amide bonds. The standard InChI is InChI=1S/C19H13BrN6OS/c20-17-10-9-16(28-17)19-24-23-18(27-19)11-21-12-5-7-13(8-6-12)26-15-4-2-1-3-14(15)22-25-26/h1-10,21H,11H2. The molecule has 0 unspecified atom stereocenters. The first-order valence-corrected chi connectivity index (χ1v) is 10.1. The molecule has 0 fully saturated rings. The van der Waals surface area contributed by atoms with Gasteiger partial charge in [0.2, 0.25) is 5.89 Å². The van der Waals surface area contributed by atoms with Crippen molar-refractivity contribution in [3.63, 3.8) is 0 Å². The number of para-hydroxylation sites is 1. The molecule has 138 valence electrons. The van der Waals surface area contributed by atoms with E-state index in [1.807, 2.05) is 65.3 Å². The summed E-state index contributed by atoms with van der Waals surface area (Å²) < 4.78 is 8.57. The Morgan fingerprint density at radius 3 is 2.64 bits per heavy atom. The molecular formula is C19H13BrN6OS. The second kappa shape index (κ2) is 7.17. The average molecular weight is 453 g/mol. The Morgan fingerprint density at radius 1 is 0.964 bits per heavy atom. The van der Waals surface area contributed by atoms with Crippen molar-refractivity contribution < 1.29 is 4.42 Å². The van der Waals surface area contributed by atoms with Crippen LogP contribution < -0.4 is 5.32 Å². The summed E-state index contributed by atoms with van der Waals surface area (Å²) in [5.74, 6) is 1.06. The van der Waals surface area contributed by atoms with Crippen LogP contribution >= 0.6 is 27.3 Å². The van der Waals surface area contributed by atoms with Crippen molar-refractivity contribution in [2.75, 3.05) is 5.32 Å². The Kier molecular flexibility index (Phi) is 4.38. The third-order valence-corrected chi connectivity index (χ3v) is 5.77. The first-order chi connectivity index (χ1) is 13.8. The van der Waals surface area contributed by atoms with Gasteiger partial charge in [0.25, 0.3) is 5.89 Å². The highest BCUT2D eigenvalue weighted by atomic mass is 79.9. The van der Waals surface area contributed by atoms with E-state index in [1.165, 1.54) is 0 Å². The van der Waals surface area contributed by atoms with Gasteiger partial charge in [-0.3, -0.25) is 0 Å². The lowest BCUT2D eigenvalue weighted by atomic mass is 10.2. The van der Waals surface area contributed by atoms with E-state index in [0.717, 1.165) is 31.1 Å². The number of halogens is 1.